The number of hydrogen-bond donors (Lipinski definition) is 1. The summed E-state index contributed by atoms with van der Waals surface area (Å²) in [5, 5.41) is 12.7. The molecule has 1 aliphatic heterocycles. The number of nitrogens with one attached hydrogen (secondary N) is 1. The molecule has 1 aliphatic rings. The molecule has 2 heterocycles. The van der Waals surface area contributed by atoms with Crippen molar-refractivity contribution >= 4 is 23.5 Å². The van der Waals surface area contributed by atoms with Crippen LogP contribution in [0.25, 0.3) is 5.69 Å². The van der Waals surface area contributed by atoms with Gasteiger partial charge in [-0.2, -0.15) is 5.26 Å². The highest BCUT2D eigenvalue weighted by molar-refractivity contribution is 8.00. The molecular weight excluding hydrogens is 426 g/mol. The van der Waals surface area contributed by atoms with Crippen molar-refractivity contribution in [3.05, 3.63) is 59.3 Å². The third kappa shape index (κ3) is 4.25. The summed E-state index contributed by atoms with van der Waals surface area (Å²) in [7, 11) is 1.61. The van der Waals surface area contributed by atoms with Gasteiger partial charge in [0.15, 0.2) is 11.5 Å². The van der Waals surface area contributed by atoms with Crippen molar-refractivity contribution in [2.75, 3.05) is 31.4 Å². The van der Waals surface area contributed by atoms with E-state index in [9.17, 15) is 10.1 Å². The van der Waals surface area contributed by atoms with E-state index in [2.05, 4.69) is 11.4 Å². The number of carbonyl (C=O) groups excluding carboxylic acids is 1. The Bertz CT molecular complexity index is 1200. The van der Waals surface area contributed by atoms with Crippen LogP contribution in [0.2, 0.25) is 0 Å². The summed E-state index contributed by atoms with van der Waals surface area (Å²) in [6, 6.07) is 15.3. The number of nitrogens with zero attached hydrogens (tertiary/aromatic N) is 2. The van der Waals surface area contributed by atoms with Gasteiger partial charge in [0.2, 0.25) is 5.91 Å². The van der Waals surface area contributed by atoms with Gasteiger partial charge < -0.3 is 19.5 Å². The zero-order chi connectivity index (χ0) is 22.7. The molecule has 0 spiro atoms. The van der Waals surface area contributed by atoms with E-state index in [0.717, 1.165) is 27.6 Å². The van der Waals surface area contributed by atoms with E-state index in [1.807, 2.05) is 60.9 Å². The molecule has 32 heavy (non-hydrogen) atoms. The van der Waals surface area contributed by atoms with Crippen LogP contribution in [0, 0.1) is 25.2 Å². The molecule has 0 saturated carbocycles. The number of benzene rings is 2. The normalized spacial score (nSPS) is 12.2. The summed E-state index contributed by atoms with van der Waals surface area (Å²) in [5.41, 5.74) is 3.01. The molecule has 0 saturated heterocycles. The average Bonchev–Trinajstić information content (AvgIpc) is 3.06. The van der Waals surface area contributed by atoms with Crippen LogP contribution < -0.4 is 19.5 Å². The first kappa shape index (κ1) is 21.7. The average molecular weight is 450 g/mol. The first-order valence-corrected chi connectivity index (χ1v) is 11.1. The Balaban J connectivity index is 1.54. The van der Waals surface area contributed by atoms with Crippen molar-refractivity contribution in [3.63, 3.8) is 0 Å². The Morgan fingerprint density at radius 3 is 2.56 bits per heavy atom. The van der Waals surface area contributed by atoms with E-state index in [1.54, 1.807) is 7.11 Å². The van der Waals surface area contributed by atoms with E-state index >= 15 is 0 Å². The SMILES string of the molecule is COc1ccc(-n2c(C)c(C)c(C#N)c2NC(=O)CSc2ccc3c(c2)OCCO3)cc1. The lowest BCUT2D eigenvalue weighted by Gasteiger charge is -2.18. The molecule has 2 aromatic carbocycles. The molecule has 0 radical (unpaired) electrons. The van der Waals surface area contributed by atoms with Crippen molar-refractivity contribution in [3.8, 4) is 29.0 Å². The monoisotopic (exact) mass is 449 g/mol. The van der Waals surface area contributed by atoms with Gasteiger partial charge in [-0.05, 0) is 61.9 Å². The van der Waals surface area contributed by atoms with Gasteiger partial charge in [-0.3, -0.25) is 9.36 Å². The highest BCUT2D eigenvalue weighted by Gasteiger charge is 2.21. The zero-order valence-corrected chi connectivity index (χ0v) is 18.9. The Morgan fingerprint density at radius 1 is 1.16 bits per heavy atom. The number of fused-ring (bicyclic) bond motifs is 1. The smallest absolute Gasteiger partial charge is 0.235 e. The zero-order valence-electron chi connectivity index (χ0n) is 18.1. The van der Waals surface area contributed by atoms with Crippen LogP contribution in [0.3, 0.4) is 0 Å². The molecule has 0 aliphatic carbocycles. The number of aromatic nitrogens is 1. The van der Waals surface area contributed by atoms with Gasteiger partial charge in [0, 0.05) is 16.3 Å². The van der Waals surface area contributed by atoms with E-state index in [-0.39, 0.29) is 11.7 Å². The fraction of sp³-hybridized carbons (Fsp3) is 0.250. The number of methoxy groups -OCH3 is 1. The number of carbonyl (C=O) groups is 1. The third-order valence-corrected chi connectivity index (χ3v) is 6.29. The highest BCUT2D eigenvalue weighted by atomic mass is 32.2. The number of ether oxygens (including phenoxy) is 3. The second kappa shape index (κ2) is 9.28. The third-order valence-electron chi connectivity index (χ3n) is 5.30. The highest BCUT2D eigenvalue weighted by Crippen LogP contribution is 2.35. The minimum absolute atomic E-state index is 0.191. The lowest BCUT2D eigenvalue weighted by Crippen LogP contribution is -2.18. The molecule has 0 bridgehead atoms. The maximum atomic E-state index is 12.8. The maximum Gasteiger partial charge on any atom is 0.235 e. The van der Waals surface area contributed by atoms with Gasteiger partial charge in [0.05, 0.1) is 18.4 Å². The molecule has 3 aromatic rings. The predicted octanol–water partition coefficient (Wildman–Crippen LogP) is 4.48. The standard InChI is InChI=1S/C24H23N3O4S/c1-15-16(2)27(17-4-6-18(29-3)7-5-17)24(20(15)13-25)26-23(28)14-32-19-8-9-21-22(12-19)31-11-10-30-21/h4-9,12H,10-11,14H2,1-3H3,(H,26,28). The molecule has 4 rings (SSSR count). The molecule has 1 amide bonds. The minimum atomic E-state index is -0.200. The molecule has 1 aromatic heterocycles. The number of amides is 1. The van der Waals surface area contributed by atoms with Crippen molar-refractivity contribution in [2.24, 2.45) is 0 Å². The quantitative estimate of drug-likeness (QED) is 0.559. The largest absolute Gasteiger partial charge is 0.497 e. The number of anilines is 1. The maximum absolute atomic E-state index is 12.8. The topological polar surface area (TPSA) is 85.5 Å². The lowest BCUT2D eigenvalue weighted by atomic mass is 10.2. The molecule has 7 nitrogen and oxygen atoms in total. The van der Waals surface area contributed by atoms with Gasteiger partial charge in [-0.15, -0.1) is 11.8 Å². The lowest BCUT2D eigenvalue weighted by molar-refractivity contribution is -0.113. The second-order valence-corrected chi connectivity index (χ2v) is 8.27. The summed E-state index contributed by atoms with van der Waals surface area (Å²) in [6.45, 7) is 4.86. The predicted molar refractivity (Wildman–Crippen MR) is 123 cm³/mol. The molecular formula is C24H23N3O4S. The van der Waals surface area contributed by atoms with Gasteiger partial charge >= 0.3 is 0 Å². The van der Waals surface area contributed by atoms with Crippen molar-refractivity contribution in [1.29, 1.82) is 5.26 Å². The fourth-order valence-electron chi connectivity index (χ4n) is 3.55. The summed E-state index contributed by atoms with van der Waals surface area (Å²) in [6.07, 6.45) is 0. The minimum Gasteiger partial charge on any atom is -0.497 e. The van der Waals surface area contributed by atoms with Crippen LogP contribution >= 0.6 is 11.8 Å². The molecule has 8 heteroatoms. The van der Waals surface area contributed by atoms with E-state index in [4.69, 9.17) is 14.2 Å². The van der Waals surface area contributed by atoms with Gasteiger partial charge in [0.1, 0.15) is 30.9 Å². The van der Waals surface area contributed by atoms with E-state index < -0.39 is 0 Å². The van der Waals surface area contributed by atoms with Crippen LogP contribution in [0.4, 0.5) is 5.82 Å². The van der Waals surface area contributed by atoms with Crippen molar-refractivity contribution < 1.29 is 19.0 Å². The van der Waals surface area contributed by atoms with Crippen LogP contribution in [0.5, 0.6) is 17.2 Å². The van der Waals surface area contributed by atoms with Crippen LogP contribution in [-0.4, -0.2) is 36.6 Å². The van der Waals surface area contributed by atoms with Crippen molar-refractivity contribution in [1.82, 2.24) is 4.57 Å². The summed E-state index contributed by atoms with van der Waals surface area (Å²) in [5.74, 6) is 2.60. The van der Waals surface area contributed by atoms with Crippen LogP contribution in [0.1, 0.15) is 16.8 Å². The van der Waals surface area contributed by atoms with Crippen molar-refractivity contribution in [2.45, 2.75) is 18.7 Å². The second-order valence-electron chi connectivity index (χ2n) is 7.22. The number of thioether (sulfide) groups is 1. The van der Waals surface area contributed by atoms with E-state index in [0.29, 0.717) is 36.1 Å². The van der Waals surface area contributed by atoms with Crippen LogP contribution in [-0.2, 0) is 4.79 Å². The first-order chi connectivity index (χ1) is 15.5. The molecule has 0 fully saturated rings. The van der Waals surface area contributed by atoms with Gasteiger partial charge in [-0.25, -0.2) is 0 Å². The Morgan fingerprint density at radius 2 is 1.88 bits per heavy atom. The summed E-state index contributed by atoms with van der Waals surface area (Å²) in [4.78, 5) is 13.7. The summed E-state index contributed by atoms with van der Waals surface area (Å²) < 4.78 is 18.3. The Kier molecular flexibility index (Phi) is 6.28. The first-order valence-electron chi connectivity index (χ1n) is 10.1. The Labute approximate surface area is 190 Å². The van der Waals surface area contributed by atoms with Gasteiger partial charge in [0.25, 0.3) is 0 Å². The van der Waals surface area contributed by atoms with E-state index in [1.165, 1.54) is 11.8 Å². The summed E-state index contributed by atoms with van der Waals surface area (Å²) >= 11 is 1.40. The van der Waals surface area contributed by atoms with Gasteiger partial charge in [-0.1, -0.05) is 0 Å². The van der Waals surface area contributed by atoms with Crippen LogP contribution in [0.15, 0.2) is 47.4 Å². The molecule has 164 valence electrons. The number of nitriles is 1. The molecule has 1 N–H and O–H groups in total. The number of hydrogen-bond acceptors (Lipinski definition) is 6. The number of rotatable bonds is 6. The molecule has 0 unspecified atom stereocenters. The Hall–Kier alpha value is -3.57. The molecule has 0 atom stereocenters. The fourth-order valence-corrected chi connectivity index (χ4v) is 4.27.